The van der Waals surface area contributed by atoms with Crippen molar-refractivity contribution in [1.29, 1.82) is 0 Å². The van der Waals surface area contributed by atoms with Gasteiger partial charge in [0.25, 0.3) is 5.91 Å². The molecule has 0 aliphatic rings. The lowest BCUT2D eigenvalue weighted by molar-refractivity contribution is -0.144. The van der Waals surface area contributed by atoms with Crippen LogP contribution < -0.4 is 10.6 Å². The quantitative estimate of drug-likeness (QED) is 0.448. The zero-order valence-electron chi connectivity index (χ0n) is 16.8. The van der Waals surface area contributed by atoms with Gasteiger partial charge in [-0.3, -0.25) is 14.4 Å². The molecule has 0 aliphatic carbocycles. The molecule has 0 fully saturated rings. The number of esters is 1. The Morgan fingerprint density at radius 2 is 1.76 bits per heavy atom. The monoisotopic (exact) mass is 396 g/mol. The number of hydrogen-bond donors (Lipinski definition) is 2. The van der Waals surface area contributed by atoms with Gasteiger partial charge in [0.2, 0.25) is 5.91 Å². The van der Waals surface area contributed by atoms with Gasteiger partial charge >= 0.3 is 5.97 Å². The molecule has 0 aliphatic heterocycles. The van der Waals surface area contributed by atoms with E-state index in [2.05, 4.69) is 17.6 Å². The lowest BCUT2D eigenvalue weighted by Gasteiger charge is -2.08. The summed E-state index contributed by atoms with van der Waals surface area (Å²) < 4.78 is 5.17. The highest BCUT2D eigenvalue weighted by Crippen LogP contribution is 2.12. The van der Waals surface area contributed by atoms with E-state index in [0.717, 1.165) is 18.4 Å². The summed E-state index contributed by atoms with van der Waals surface area (Å²) >= 11 is 0. The lowest BCUT2D eigenvalue weighted by atomic mass is 10.1. The molecule has 0 spiro atoms. The van der Waals surface area contributed by atoms with Gasteiger partial charge in [0, 0.05) is 30.6 Å². The molecule has 0 bridgehead atoms. The van der Waals surface area contributed by atoms with Crippen molar-refractivity contribution in [2.24, 2.45) is 0 Å². The van der Waals surface area contributed by atoms with Gasteiger partial charge in [-0.1, -0.05) is 49.7 Å². The Morgan fingerprint density at radius 3 is 2.52 bits per heavy atom. The molecule has 0 radical (unpaired) electrons. The Kier molecular flexibility index (Phi) is 9.42. The molecule has 0 aromatic heterocycles. The average Bonchev–Trinajstić information content (AvgIpc) is 2.73. The molecule has 0 saturated heterocycles. The fourth-order valence-corrected chi connectivity index (χ4v) is 2.66. The summed E-state index contributed by atoms with van der Waals surface area (Å²) in [5.41, 5.74) is 2.10. The summed E-state index contributed by atoms with van der Waals surface area (Å²) in [5, 5.41) is 5.55. The van der Waals surface area contributed by atoms with Crippen LogP contribution in [0.15, 0.2) is 54.6 Å². The van der Waals surface area contributed by atoms with Gasteiger partial charge in [0.05, 0.1) is 13.0 Å². The van der Waals surface area contributed by atoms with E-state index >= 15 is 0 Å². The maximum absolute atomic E-state index is 12.1. The van der Waals surface area contributed by atoms with E-state index in [4.69, 9.17) is 4.74 Å². The minimum absolute atomic E-state index is 0.0117. The van der Waals surface area contributed by atoms with Gasteiger partial charge < -0.3 is 15.4 Å². The van der Waals surface area contributed by atoms with E-state index in [-0.39, 0.29) is 24.7 Å². The number of amides is 2. The standard InChI is InChI=1S/C23H28N2O4/c1-2-3-15-24-23(28)19-10-7-11-20(17-19)25-21(26)12-13-22(27)29-16-14-18-8-5-4-6-9-18/h4-11,17H,2-3,12-16H2,1H3,(H,24,28)(H,25,26). The van der Waals surface area contributed by atoms with E-state index in [1.165, 1.54) is 0 Å². The second-order valence-corrected chi connectivity index (χ2v) is 6.69. The number of carbonyl (C=O) groups excluding carboxylic acids is 3. The predicted octanol–water partition coefficient (Wildman–Crippen LogP) is 3.72. The summed E-state index contributed by atoms with van der Waals surface area (Å²) in [6.45, 7) is 2.97. The Morgan fingerprint density at radius 1 is 0.966 bits per heavy atom. The Labute approximate surface area is 171 Å². The third-order valence-corrected chi connectivity index (χ3v) is 4.28. The van der Waals surface area contributed by atoms with Crippen LogP contribution in [0.3, 0.4) is 0 Å². The smallest absolute Gasteiger partial charge is 0.306 e. The van der Waals surface area contributed by atoms with Gasteiger partial charge in [-0.25, -0.2) is 0 Å². The molecule has 29 heavy (non-hydrogen) atoms. The molecule has 6 nitrogen and oxygen atoms in total. The van der Waals surface area contributed by atoms with E-state index in [9.17, 15) is 14.4 Å². The third-order valence-electron chi connectivity index (χ3n) is 4.28. The van der Waals surface area contributed by atoms with Crippen LogP contribution in [0.25, 0.3) is 0 Å². The second-order valence-electron chi connectivity index (χ2n) is 6.69. The maximum Gasteiger partial charge on any atom is 0.306 e. The van der Waals surface area contributed by atoms with Crippen molar-refractivity contribution in [3.63, 3.8) is 0 Å². The zero-order valence-corrected chi connectivity index (χ0v) is 16.8. The first-order chi connectivity index (χ1) is 14.1. The van der Waals surface area contributed by atoms with Crippen molar-refractivity contribution < 1.29 is 19.1 Å². The van der Waals surface area contributed by atoms with Gasteiger partial charge in [0.1, 0.15) is 0 Å². The summed E-state index contributed by atoms with van der Waals surface area (Å²) in [7, 11) is 0. The molecule has 6 heteroatoms. The van der Waals surface area contributed by atoms with Crippen molar-refractivity contribution in [3.8, 4) is 0 Å². The fourth-order valence-electron chi connectivity index (χ4n) is 2.66. The van der Waals surface area contributed by atoms with Gasteiger partial charge in [0.15, 0.2) is 0 Å². The van der Waals surface area contributed by atoms with E-state index < -0.39 is 5.97 Å². The molecule has 0 saturated carbocycles. The van der Waals surface area contributed by atoms with E-state index in [1.807, 2.05) is 30.3 Å². The van der Waals surface area contributed by atoms with Crippen molar-refractivity contribution >= 4 is 23.5 Å². The first-order valence-corrected chi connectivity index (χ1v) is 9.96. The van der Waals surface area contributed by atoms with Gasteiger partial charge in [-0.15, -0.1) is 0 Å². The summed E-state index contributed by atoms with van der Waals surface area (Å²) in [6.07, 6.45) is 2.61. The highest BCUT2D eigenvalue weighted by molar-refractivity contribution is 5.97. The number of unbranched alkanes of at least 4 members (excludes halogenated alkanes) is 1. The summed E-state index contributed by atoms with van der Waals surface area (Å²) in [4.78, 5) is 36.0. The van der Waals surface area contributed by atoms with E-state index in [0.29, 0.717) is 30.8 Å². The highest BCUT2D eigenvalue weighted by Gasteiger charge is 2.10. The molecule has 0 heterocycles. The molecule has 2 aromatic carbocycles. The zero-order chi connectivity index (χ0) is 20.9. The molecule has 2 aromatic rings. The van der Waals surface area contributed by atoms with Gasteiger partial charge in [-0.2, -0.15) is 0 Å². The Bertz CT molecular complexity index is 806. The Hall–Kier alpha value is -3.15. The maximum atomic E-state index is 12.1. The van der Waals surface area contributed by atoms with E-state index in [1.54, 1.807) is 24.3 Å². The molecular weight excluding hydrogens is 368 g/mol. The minimum atomic E-state index is -0.403. The molecule has 2 amide bonds. The molecule has 2 rings (SSSR count). The summed E-state index contributed by atoms with van der Waals surface area (Å²) in [6, 6.07) is 16.5. The number of anilines is 1. The van der Waals surface area contributed by atoms with Crippen LogP contribution >= 0.6 is 0 Å². The molecule has 2 N–H and O–H groups in total. The molecule has 0 unspecified atom stereocenters. The first kappa shape index (κ1) is 22.1. The van der Waals surface area contributed by atoms with Crippen LogP contribution in [0.4, 0.5) is 5.69 Å². The van der Waals surface area contributed by atoms with Crippen molar-refractivity contribution in [2.75, 3.05) is 18.5 Å². The average molecular weight is 396 g/mol. The van der Waals surface area contributed by atoms with Crippen LogP contribution in [0.2, 0.25) is 0 Å². The van der Waals surface area contributed by atoms with Crippen molar-refractivity contribution in [1.82, 2.24) is 5.32 Å². The number of rotatable bonds is 11. The minimum Gasteiger partial charge on any atom is -0.465 e. The molecular formula is C23H28N2O4. The highest BCUT2D eigenvalue weighted by atomic mass is 16.5. The van der Waals surface area contributed by atoms with Crippen LogP contribution in [0, 0.1) is 0 Å². The number of nitrogens with one attached hydrogen (secondary N) is 2. The Balaban J connectivity index is 1.71. The van der Waals surface area contributed by atoms with Crippen molar-refractivity contribution in [3.05, 3.63) is 65.7 Å². The second kappa shape index (κ2) is 12.3. The van der Waals surface area contributed by atoms with Crippen molar-refractivity contribution in [2.45, 2.75) is 39.0 Å². The predicted molar refractivity (Wildman–Crippen MR) is 113 cm³/mol. The number of benzene rings is 2. The SMILES string of the molecule is CCCCNC(=O)c1cccc(NC(=O)CCC(=O)OCCc2ccccc2)c1. The number of ether oxygens (including phenoxy) is 1. The van der Waals surface area contributed by atoms with Gasteiger partial charge in [-0.05, 0) is 30.2 Å². The lowest BCUT2D eigenvalue weighted by Crippen LogP contribution is -2.24. The normalized spacial score (nSPS) is 10.2. The fraction of sp³-hybridized carbons (Fsp3) is 0.348. The largest absolute Gasteiger partial charge is 0.465 e. The van der Waals surface area contributed by atoms with Crippen LogP contribution in [0.5, 0.6) is 0 Å². The topological polar surface area (TPSA) is 84.5 Å². The number of carbonyl (C=O) groups is 3. The van der Waals surface area contributed by atoms with Crippen LogP contribution in [0.1, 0.15) is 48.5 Å². The molecule has 0 atom stereocenters. The number of hydrogen-bond acceptors (Lipinski definition) is 4. The van der Waals surface area contributed by atoms with Crippen LogP contribution in [-0.4, -0.2) is 30.9 Å². The third kappa shape index (κ3) is 8.60. The first-order valence-electron chi connectivity index (χ1n) is 9.96. The summed E-state index contributed by atoms with van der Waals surface area (Å²) in [5.74, 6) is -0.870. The van der Waals surface area contributed by atoms with Crippen LogP contribution in [-0.2, 0) is 20.7 Å². The molecule has 154 valence electrons.